The maximum atomic E-state index is 13.2. The van der Waals surface area contributed by atoms with Crippen LogP contribution in [0.5, 0.6) is 0 Å². The van der Waals surface area contributed by atoms with E-state index in [1.165, 1.54) is 10.6 Å². The van der Waals surface area contributed by atoms with Gasteiger partial charge in [-0.3, -0.25) is 0 Å². The van der Waals surface area contributed by atoms with E-state index in [2.05, 4.69) is 18.8 Å². The highest BCUT2D eigenvalue weighted by molar-refractivity contribution is 5.42. The molecule has 0 unspecified atom stereocenters. The van der Waals surface area contributed by atoms with Crippen LogP contribution in [0.2, 0.25) is 0 Å². The van der Waals surface area contributed by atoms with Gasteiger partial charge in [-0.2, -0.15) is 0 Å². The molecule has 3 nitrogen and oxygen atoms in total. The van der Waals surface area contributed by atoms with Crippen LogP contribution in [0.1, 0.15) is 19.4 Å². The summed E-state index contributed by atoms with van der Waals surface area (Å²) in [4.78, 5) is 4.26. The van der Waals surface area contributed by atoms with Crippen LogP contribution in [0.25, 0.3) is 0 Å². The minimum atomic E-state index is 0.287. The molecule has 0 fully saturated rings. The van der Waals surface area contributed by atoms with E-state index < -0.39 is 0 Å². The zero-order chi connectivity index (χ0) is 11.5. The molecule has 0 saturated carbocycles. The van der Waals surface area contributed by atoms with E-state index in [0.717, 1.165) is 6.42 Å². The van der Waals surface area contributed by atoms with Gasteiger partial charge >= 0.3 is 0 Å². The number of hydrogen-bond donors (Lipinski definition) is 0. The fraction of sp³-hybridized carbons (Fsp3) is 0.417. The summed E-state index contributed by atoms with van der Waals surface area (Å²) in [5.74, 6) is 1.22. The Labute approximate surface area is 95.1 Å². The third-order valence-corrected chi connectivity index (χ3v) is 2.42. The van der Waals surface area contributed by atoms with Crippen molar-refractivity contribution in [3.63, 3.8) is 0 Å². The van der Waals surface area contributed by atoms with Gasteiger partial charge in [0.1, 0.15) is 5.82 Å². The van der Waals surface area contributed by atoms with Crippen LogP contribution in [-0.4, -0.2) is 16.8 Å². The zero-order valence-corrected chi connectivity index (χ0v) is 9.60. The van der Waals surface area contributed by atoms with Gasteiger partial charge in [0.05, 0.1) is 6.54 Å². The summed E-state index contributed by atoms with van der Waals surface area (Å²) in [7, 11) is 0. The molecule has 0 aromatic carbocycles. The molecule has 1 aliphatic rings. The van der Waals surface area contributed by atoms with Crippen molar-refractivity contribution in [2.45, 2.75) is 20.3 Å². The first-order chi connectivity index (χ1) is 7.66. The first-order valence-electron chi connectivity index (χ1n) is 5.51. The van der Waals surface area contributed by atoms with Crippen LogP contribution in [0.3, 0.4) is 0 Å². The molecule has 0 saturated heterocycles. The first-order valence-corrected chi connectivity index (χ1v) is 5.51. The van der Waals surface area contributed by atoms with Crippen LogP contribution in [-0.2, 0) is 6.42 Å². The predicted molar refractivity (Wildman–Crippen MR) is 62.2 cm³/mol. The Balaban J connectivity index is 2.10. The highest BCUT2D eigenvalue weighted by Gasteiger charge is 2.17. The minimum absolute atomic E-state index is 0.287. The average Bonchev–Trinajstić information content (AvgIpc) is 2.65. The van der Waals surface area contributed by atoms with Gasteiger partial charge in [0.2, 0.25) is 0 Å². The minimum Gasteiger partial charge on any atom is -0.237 e. The van der Waals surface area contributed by atoms with E-state index in [9.17, 15) is 4.48 Å². The van der Waals surface area contributed by atoms with Crippen molar-refractivity contribution in [2.75, 3.05) is 11.6 Å². The fourth-order valence-corrected chi connectivity index (χ4v) is 1.73. The normalized spacial score (nSPS) is 16.4. The third-order valence-electron chi connectivity index (χ3n) is 2.42. The van der Waals surface area contributed by atoms with E-state index in [1.807, 2.05) is 18.3 Å². The summed E-state index contributed by atoms with van der Waals surface area (Å²) in [5.41, 5.74) is 1.19. The lowest BCUT2D eigenvalue weighted by molar-refractivity contribution is 0.0470. The van der Waals surface area contributed by atoms with E-state index in [0.29, 0.717) is 17.0 Å². The molecule has 0 amide bonds. The summed E-state index contributed by atoms with van der Waals surface area (Å²) >= 11 is 0. The molecule has 2 rings (SSSR count). The van der Waals surface area contributed by atoms with E-state index in [1.54, 1.807) is 12.3 Å². The van der Waals surface area contributed by atoms with Crippen LogP contribution < -0.4 is 5.01 Å². The molecule has 0 bridgehead atoms. The van der Waals surface area contributed by atoms with Crippen LogP contribution in [0, 0.1) is 5.92 Å². The Morgan fingerprint density at radius 3 is 2.75 bits per heavy atom. The number of aromatic nitrogens is 1. The Bertz CT molecular complexity index is 372. The molecule has 0 spiro atoms. The SMILES string of the molecule is CC(C)Cc1ccc(N2C=CCN2F)nc1. The Morgan fingerprint density at radius 1 is 1.44 bits per heavy atom. The topological polar surface area (TPSA) is 19.4 Å². The highest BCUT2D eigenvalue weighted by Crippen LogP contribution is 2.19. The van der Waals surface area contributed by atoms with Gasteiger partial charge in [-0.1, -0.05) is 19.9 Å². The van der Waals surface area contributed by atoms with Gasteiger partial charge < -0.3 is 0 Å². The molecule has 16 heavy (non-hydrogen) atoms. The summed E-state index contributed by atoms with van der Waals surface area (Å²) in [6.07, 6.45) is 6.26. The van der Waals surface area contributed by atoms with Crippen LogP contribution in [0.4, 0.5) is 10.3 Å². The van der Waals surface area contributed by atoms with E-state index >= 15 is 0 Å². The lowest BCUT2D eigenvalue weighted by atomic mass is 10.1. The quantitative estimate of drug-likeness (QED) is 0.731. The van der Waals surface area contributed by atoms with Gasteiger partial charge in [0.25, 0.3) is 0 Å². The molecule has 0 radical (unpaired) electrons. The van der Waals surface area contributed by atoms with E-state index in [4.69, 9.17) is 0 Å². The second-order valence-electron chi connectivity index (χ2n) is 4.37. The average molecular weight is 221 g/mol. The predicted octanol–water partition coefficient (Wildman–Crippen LogP) is 2.72. The number of anilines is 1. The molecule has 1 aromatic rings. The largest absolute Gasteiger partial charge is 0.237 e. The van der Waals surface area contributed by atoms with Crippen molar-refractivity contribution < 1.29 is 4.48 Å². The van der Waals surface area contributed by atoms with Gasteiger partial charge in [-0.25, -0.2) is 9.99 Å². The van der Waals surface area contributed by atoms with Gasteiger partial charge in [0, 0.05) is 12.4 Å². The maximum Gasteiger partial charge on any atom is 0.149 e. The number of nitrogens with zero attached hydrogens (tertiary/aromatic N) is 3. The molecule has 1 aliphatic heterocycles. The van der Waals surface area contributed by atoms with Crippen molar-refractivity contribution in [1.82, 2.24) is 10.2 Å². The molecule has 0 atom stereocenters. The number of hydrogen-bond acceptors (Lipinski definition) is 3. The van der Waals surface area contributed by atoms with Crippen molar-refractivity contribution in [3.8, 4) is 0 Å². The van der Waals surface area contributed by atoms with Crippen LogP contribution >= 0.6 is 0 Å². The number of hydrazine groups is 1. The Kier molecular flexibility index (Phi) is 3.19. The molecular weight excluding hydrogens is 205 g/mol. The van der Waals surface area contributed by atoms with Gasteiger partial charge in [-0.05, 0) is 35.3 Å². The molecule has 0 aliphatic carbocycles. The first kappa shape index (κ1) is 11.1. The smallest absolute Gasteiger partial charge is 0.149 e. The molecular formula is C12H16FN3. The summed E-state index contributed by atoms with van der Waals surface area (Å²) in [6.45, 7) is 4.62. The lowest BCUT2D eigenvalue weighted by Gasteiger charge is -2.19. The lowest BCUT2D eigenvalue weighted by Crippen LogP contribution is -2.28. The van der Waals surface area contributed by atoms with Crippen molar-refractivity contribution in [1.29, 1.82) is 0 Å². The molecule has 1 aromatic heterocycles. The molecule has 86 valence electrons. The number of pyridine rings is 1. The molecule has 0 N–H and O–H groups in total. The molecule has 4 heteroatoms. The van der Waals surface area contributed by atoms with Crippen LogP contribution in [0.15, 0.2) is 30.6 Å². The Hall–Kier alpha value is -1.42. The monoisotopic (exact) mass is 221 g/mol. The highest BCUT2D eigenvalue weighted by atomic mass is 19.2. The fourth-order valence-electron chi connectivity index (χ4n) is 1.73. The third kappa shape index (κ3) is 2.39. The number of halogens is 1. The summed E-state index contributed by atoms with van der Waals surface area (Å²) < 4.78 is 13.2. The second kappa shape index (κ2) is 4.61. The van der Waals surface area contributed by atoms with Crippen molar-refractivity contribution >= 4 is 5.82 Å². The summed E-state index contributed by atoms with van der Waals surface area (Å²) in [6, 6.07) is 3.85. The zero-order valence-electron chi connectivity index (χ0n) is 9.60. The maximum absolute atomic E-state index is 13.2. The van der Waals surface area contributed by atoms with Gasteiger partial charge in [-0.15, -0.1) is 4.48 Å². The molecule has 2 heterocycles. The Morgan fingerprint density at radius 2 is 2.25 bits per heavy atom. The van der Waals surface area contributed by atoms with E-state index in [-0.39, 0.29) is 6.54 Å². The van der Waals surface area contributed by atoms with Gasteiger partial charge in [0.15, 0.2) is 0 Å². The van der Waals surface area contributed by atoms with Crippen molar-refractivity contribution in [2.24, 2.45) is 5.92 Å². The second-order valence-corrected chi connectivity index (χ2v) is 4.37. The summed E-state index contributed by atoms with van der Waals surface area (Å²) in [5, 5.41) is 2.03. The number of rotatable bonds is 3. The van der Waals surface area contributed by atoms with Crippen molar-refractivity contribution in [3.05, 3.63) is 36.2 Å². The standard InChI is InChI=1S/C12H16FN3/c1-10(2)8-11-4-5-12(14-9-11)15-6-3-7-16(15)13/h3-6,9-10H,7-8H2,1-2H3.